The van der Waals surface area contributed by atoms with Crippen LogP contribution in [0.2, 0.25) is 0 Å². The van der Waals surface area contributed by atoms with E-state index in [1.165, 1.54) is 31.2 Å². The van der Waals surface area contributed by atoms with Gasteiger partial charge < -0.3 is 9.42 Å². The largest absolute Gasteiger partial charge is 0.324 e. The van der Waals surface area contributed by atoms with Crippen molar-refractivity contribution < 1.29 is 4.52 Å². The van der Waals surface area contributed by atoms with Crippen LogP contribution in [0.25, 0.3) is 0 Å². The molecule has 4 nitrogen and oxygen atoms in total. The van der Waals surface area contributed by atoms with Gasteiger partial charge in [-0.1, -0.05) is 35.5 Å². The van der Waals surface area contributed by atoms with E-state index in [2.05, 4.69) is 45.4 Å². The first-order valence-electron chi connectivity index (χ1n) is 6.51. The summed E-state index contributed by atoms with van der Waals surface area (Å²) >= 11 is 0. The molecular weight excluding hydrogens is 226 g/mol. The van der Waals surface area contributed by atoms with Crippen molar-refractivity contribution in [2.24, 2.45) is 0 Å². The second-order valence-corrected chi connectivity index (χ2v) is 4.76. The minimum Gasteiger partial charge on any atom is -0.321 e. The second-order valence-electron chi connectivity index (χ2n) is 4.76. The molecule has 0 radical (unpaired) electrons. The molecule has 1 atom stereocenters. The molecule has 1 aromatic heterocycles. The van der Waals surface area contributed by atoms with Crippen LogP contribution in [0.15, 0.2) is 41.2 Å². The van der Waals surface area contributed by atoms with Gasteiger partial charge in [0.25, 0.3) is 0 Å². The third-order valence-electron chi connectivity index (χ3n) is 3.54. The molecule has 1 fully saturated rings. The van der Waals surface area contributed by atoms with Crippen LogP contribution < -0.4 is 4.90 Å². The van der Waals surface area contributed by atoms with Crippen LogP contribution in [0.4, 0.5) is 6.01 Å². The van der Waals surface area contributed by atoms with E-state index in [0.717, 1.165) is 13.0 Å². The van der Waals surface area contributed by atoms with Crippen molar-refractivity contribution >= 4 is 6.01 Å². The Hall–Kier alpha value is -1.84. The van der Waals surface area contributed by atoms with E-state index in [1.54, 1.807) is 0 Å². The van der Waals surface area contributed by atoms with Crippen molar-refractivity contribution in [3.63, 3.8) is 0 Å². The normalized spacial score (nSPS) is 20.0. The minimum atomic E-state index is 0.474. The van der Waals surface area contributed by atoms with Gasteiger partial charge in [0.1, 0.15) is 0 Å². The first-order chi connectivity index (χ1) is 8.93. The van der Waals surface area contributed by atoms with E-state index in [-0.39, 0.29) is 0 Å². The van der Waals surface area contributed by atoms with Crippen molar-refractivity contribution in [3.05, 3.63) is 42.2 Å². The minimum absolute atomic E-state index is 0.474. The van der Waals surface area contributed by atoms with Gasteiger partial charge in [0.15, 0.2) is 6.33 Å². The number of rotatable bonds is 3. The quantitative estimate of drug-likeness (QED) is 0.831. The fourth-order valence-electron chi connectivity index (χ4n) is 2.64. The summed E-state index contributed by atoms with van der Waals surface area (Å²) in [5.41, 5.74) is 1.37. The summed E-state index contributed by atoms with van der Waals surface area (Å²) in [6.45, 7) is 1.01. The number of aromatic nitrogens is 2. The zero-order chi connectivity index (χ0) is 12.2. The van der Waals surface area contributed by atoms with Crippen molar-refractivity contribution in [3.8, 4) is 0 Å². The van der Waals surface area contributed by atoms with Crippen molar-refractivity contribution in [2.75, 3.05) is 11.4 Å². The lowest BCUT2D eigenvalue weighted by Gasteiger charge is -2.34. The summed E-state index contributed by atoms with van der Waals surface area (Å²) in [6, 6.07) is 11.7. The Morgan fingerprint density at radius 3 is 2.89 bits per heavy atom. The maximum Gasteiger partial charge on any atom is 0.324 e. The molecule has 94 valence electrons. The molecule has 4 heteroatoms. The maximum atomic E-state index is 5.21. The highest BCUT2D eigenvalue weighted by Crippen LogP contribution is 2.25. The van der Waals surface area contributed by atoms with Crippen LogP contribution in [0.3, 0.4) is 0 Å². The number of benzene rings is 1. The lowest BCUT2D eigenvalue weighted by Crippen LogP contribution is -2.41. The smallest absolute Gasteiger partial charge is 0.321 e. The van der Waals surface area contributed by atoms with Crippen molar-refractivity contribution in [1.82, 2.24) is 10.1 Å². The van der Waals surface area contributed by atoms with Crippen LogP contribution in [-0.2, 0) is 6.42 Å². The second kappa shape index (κ2) is 5.21. The summed E-state index contributed by atoms with van der Waals surface area (Å²) < 4.78 is 5.21. The maximum absolute atomic E-state index is 5.21. The first-order valence-corrected chi connectivity index (χ1v) is 6.51. The topological polar surface area (TPSA) is 42.2 Å². The zero-order valence-corrected chi connectivity index (χ0v) is 10.3. The average Bonchev–Trinajstić information content (AvgIpc) is 2.94. The molecular formula is C14H17N3O. The van der Waals surface area contributed by atoms with E-state index in [4.69, 9.17) is 4.52 Å². The molecule has 1 unspecified atom stereocenters. The van der Waals surface area contributed by atoms with Gasteiger partial charge in [-0.15, -0.1) is 0 Å². The van der Waals surface area contributed by atoms with Crippen LogP contribution in [0.5, 0.6) is 0 Å². The predicted octanol–water partition coefficient (Wildman–Crippen LogP) is 2.67. The molecule has 2 heterocycles. The molecule has 3 rings (SSSR count). The summed E-state index contributed by atoms with van der Waals surface area (Å²) in [5, 5.41) is 3.71. The molecule has 0 N–H and O–H groups in total. The molecule has 1 aliphatic heterocycles. The number of nitrogens with zero attached hydrogens (tertiary/aromatic N) is 3. The van der Waals surface area contributed by atoms with Gasteiger partial charge >= 0.3 is 6.01 Å². The molecule has 0 aliphatic carbocycles. The van der Waals surface area contributed by atoms with E-state index in [1.807, 2.05) is 0 Å². The highest BCUT2D eigenvalue weighted by molar-refractivity contribution is 5.29. The monoisotopic (exact) mass is 243 g/mol. The van der Waals surface area contributed by atoms with Crippen molar-refractivity contribution in [2.45, 2.75) is 31.7 Å². The number of piperidine rings is 1. The van der Waals surface area contributed by atoms with Gasteiger partial charge in [0.2, 0.25) is 0 Å². The number of hydrogen-bond donors (Lipinski definition) is 0. The highest BCUT2D eigenvalue weighted by atomic mass is 16.5. The first kappa shape index (κ1) is 11.3. The van der Waals surface area contributed by atoms with Crippen LogP contribution >= 0.6 is 0 Å². The van der Waals surface area contributed by atoms with Gasteiger partial charge in [-0.2, -0.15) is 4.98 Å². The molecule has 0 saturated carbocycles. The summed E-state index contributed by atoms with van der Waals surface area (Å²) in [7, 11) is 0. The molecule has 0 spiro atoms. The fourth-order valence-corrected chi connectivity index (χ4v) is 2.64. The lowest BCUT2D eigenvalue weighted by molar-refractivity contribution is 0.370. The molecule has 1 aromatic carbocycles. The van der Waals surface area contributed by atoms with Gasteiger partial charge in [-0.05, 0) is 31.2 Å². The van der Waals surface area contributed by atoms with E-state index in [0.29, 0.717) is 12.1 Å². The predicted molar refractivity (Wildman–Crippen MR) is 69.4 cm³/mol. The van der Waals surface area contributed by atoms with Crippen LogP contribution in [0, 0.1) is 0 Å². The molecule has 1 aliphatic rings. The van der Waals surface area contributed by atoms with Crippen LogP contribution in [-0.4, -0.2) is 22.7 Å². The average molecular weight is 243 g/mol. The van der Waals surface area contributed by atoms with E-state index >= 15 is 0 Å². The number of hydrogen-bond acceptors (Lipinski definition) is 4. The summed E-state index contributed by atoms with van der Waals surface area (Å²) in [5.74, 6) is 0. The number of anilines is 1. The highest BCUT2D eigenvalue weighted by Gasteiger charge is 2.25. The molecule has 1 saturated heterocycles. The van der Waals surface area contributed by atoms with Crippen molar-refractivity contribution in [1.29, 1.82) is 0 Å². The molecule has 0 amide bonds. The third kappa shape index (κ3) is 2.37. The molecule has 2 aromatic rings. The lowest BCUT2D eigenvalue weighted by atomic mass is 9.96. The SMILES string of the molecule is c1ccc(CC2CCCCN2c2ncno2)cc1. The van der Waals surface area contributed by atoms with Crippen LogP contribution in [0.1, 0.15) is 24.8 Å². The zero-order valence-electron chi connectivity index (χ0n) is 10.3. The Kier molecular flexibility index (Phi) is 3.26. The fraction of sp³-hybridized carbons (Fsp3) is 0.429. The molecule has 0 bridgehead atoms. The van der Waals surface area contributed by atoms with E-state index < -0.39 is 0 Å². The Bertz CT molecular complexity index is 469. The Morgan fingerprint density at radius 2 is 2.11 bits per heavy atom. The Morgan fingerprint density at radius 1 is 1.22 bits per heavy atom. The van der Waals surface area contributed by atoms with Gasteiger partial charge in [-0.3, -0.25) is 0 Å². The third-order valence-corrected chi connectivity index (χ3v) is 3.54. The van der Waals surface area contributed by atoms with E-state index in [9.17, 15) is 0 Å². The Balaban J connectivity index is 1.76. The van der Waals surface area contributed by atoms with Gasteiger partial charge in [-0.25, -0.2) is 0 Å². The summed E-state index contributed by atoms with van der Waals surface area (Å²) in [6.07, 6.45) is 6.19. The Labute approximate surface area is 107 Å². The summed E-state index contributed by atoms with van der Waals surface area (Å²) in [4.78, 5) is 6.43. The molecule has 18 heavy (non-hydrogen) atoms. The van der Waals surface area contributed by atoms with Gasteiger partial charge in [0, 0.05) is 12.6 Å². The standard InChI is InChI=1S/C14H17N3O/c1-2-6-12(7-3-1)10-13-8-4-5-9-17(13)14-15-11-16-18-14/h1-3,6-7,11,13H,4-5,8-10H2. The van der Waals surface area contributed by atoms with Gasteiger partial charge in [0.05, 0.1) is 0 Å².